The van der Waals surface area contributed by atoms with Gasteiger partial charge in [0, 0.05) is 17.3 Å². The summed E-state index contributed by atoms with van der Waals surface area (Å²) in [5.41, 5.74) is 4.52. The van der Waals surface area contributed by atoms with E-state index in [0.29, 0.717) is 6.42 Å². The number of hydrogen-bond acceptors (Lipinski definition) is 6. The lowest BCUT2D eigenvalue weighted by Crippen LogP contribution is -2.08. The maximum atomic E-state index is 11.9. The van der Waals surface area contributed by atoms with Crippen molar-refractivity contribution in [1.29, 1.82) is 0 Å². The van der Waals surface area contributed by atoms with Gasteiger partial charge in [-0.2, -0.15) is 8.42 Å². The third-order valence-electron chi connectivity index (χ3n) is 5.77. The molecule has 0 spiro atoms. The Morgan fingerprint density at radius 1 is 0.610 bits per heavy atom. The molecule has 220 valence electrons. The van der Waals surface area contributed by atoms with Crippen LogP contribution in [0.3, 0.4) is 0 Å². The molecule has 4 aromatic rings. The van der Waals surface area contributed by atoms with E-state index in [1.807, 2.05) is 62.4 Å². The van der Waals surface area contributed by atoms with Crippen molar-refractivity contribution < 1.29 is 26.1 Å². The predicted molar refractivity (Wildman–Crippen MR) is 165 cm³/mol. The molecule has 0 atom stereocenters. The van der Waals surface area contributed by atoms with Crippen LogP contribution in [0.5, 0.6) is 0 Å². The quantitative estimate of drug-likeness (QED) is 0.119. The fraction of sp³-hybridized carbons (Fsp3) is 0.250. The van der Waals surface area contributed by atoms with Crippen LogP contribution in [0.25, 0.3) is 0 Å². The molecule has 0 aliphatic heterocycles. The highest BCUT2D eigenvalue weighted by Crippen LogP contribution is 2.15. The first-order chi connectivity index (χ1) is 19.5. The highest BCUT2D eigenvalue weighted by atomic mass is 35.7. The number of aliphatic hydroxyl groups is 1. The molecule has 0 aliphatic carbocycles. The number of aryl methyl sites for hydroxylation is 4. The standard InChI is InChI=1S/C16H18O3S.C9H12O.C7H7ClO2S/c1-14-9-11-16(12-10-14)20(17,18)19-13-5-8-15-6-3-2-4-7-15;10-8-4-7-9-5-2-1-3-6-9;1-6-2-4-7(5-3-6)11(8,9)10/h2-4,6-7,9-12H,5,8,13H2,1H3;1-3,5-6,10H,4,7-8H2;2-5H,1H3. The number of benzene rings is 4. The first kappa shape index (κ1) is 34.2. The van der Waals surface area contributed by atoms with Crippen LogP contribution >= 0.6 is 10.7 Å². The van der Waals surface area contributed by atoms with Gasteiger partial charge < -0.3 is 5.11 Å². The fourth-order valence-electron chi connectivity index (χ4n) is 3.49. The van der Waals surface area contributed by atoms with Gasteiger partial charge in [0.15, 0.2) is 0 Å². The zero-order valence-electron chi connectivity index (χ0n) is 23.3. The Morgan fingerprint density at radius 2 is 1.02 bits per heavy atom. The van der Waals surface area contributed by atoms with Crippen molar-refractivity contribution >= 4 is 29.9 Å². The minimum Gasteiger partial charge on any atom is -0.396 e. The van der Waals surface area contributed by atoms with Crippen LogP contribution in [0, 0.1) is 13.8 Å². The Bertz CT molecular complexity index is 1490. The van der Waals surface area contributed by atoms with Gasteiger partial charge in [0.25, 0.3) is 19.2 Å². The molecule has 4 aromatic carbocycles. The molecule has 0 saturated carbocycles. The highest BCUT2D eigenvalue weighted by Gasteiger charge is 2.14. The molecule has 0 fully saturated rings. The molecule has 1 N–H and O–H groups in total. The molecule has 0 aromatic heterocycles. The average Bonchev–Trinajstić information content (AvgIpc) is 2.96. The Kier molecular flexibility index (Phi) is 14.8. The number of rotatable bonds is 10. The maximum absolute atomic E-state index is 11.9. The van der Waals surface area contributed by atoms with Crippen LogP contribution in [0.15, 0.2) is 119 Å². The normalized spacial score (nSPS) is 11.0. The van der Waals surface area contributed by atoms with Crippen molar-refractivity contribution in [3.63, 3.8) is 0 Å². The summed E-state index contributed by atoms with van der Waals surface area (Å²) in [4.78, 5) is 0.354. The van der Waals surface area contributed by atoms with E-state index in [-0.39, 0.29) is 23.0 Å². The highest BCUT2D eigenvalue weighted by molar-refractivity contribution is 8.13. The van der Waals surface area contributed by atoms with Gasteiger partial charge in [-0.05, 0) is 74.9 Å². The van der Waals surface area contributed by atoms with E-state index in [0.717, 1.165) is 30.4 Å². The maximum Gasteiger partial charge on any atom is 0.296 e. The van der Waals surface area contributed by atoms with Crippen molar-refractivity contribution in [2.75, 3.05) is 13.2 Å². The lowest BCUT2D eigenvalue weighted by atomic mass is 10.1. The molecule has 0 amide bonds. The van der Waals surface area contributed by atoms with E-state index < -0.39 is 19.2 Å². The Balaban J connectivity index is 0.000000236. The molecular weight excluding hydrogens is 580 g/mol. The summed E-state index contributed by atoms with van der Waals surface area (Å²) in [6.07, 6.45) is 3.33. The van der Waals surface area contributed by atoms with E-state index in [9.17, 15) is 16.8 Å². The Hall–Kier alpha value is -3.01. The minimum atomic E-state index is -3.63. The first-order valence-corrected chi connectivity index (χ1v) is 16.9. The van der Waals surface area contributed by atoms with E-state index in [1.165, 1.54) is 23.3 Å². The first-order valence-electron chi connectivity index (χ1n) is 13.2. The van der Waals surface area contributed by atoms with Crippen molar-refractivity contribution in [3.8, 4) is 0 Å². The van der Waals surface area contributed by atoms with E-state index in [1.54, 1.807) is 36.4 Å². The van der Waals surface area contributed by atoms with E-state index in [2.05, 4.69) is 12.1 Å². The monoisotopic (exact) mass is 616 g/mol. The number of hydrogen-bond donors (Lipinski definition) is 1. The lowest BCUT2D eigenvalue weighted by molar-refractivity contribution is 0.288. The van der Waals surface area contributed by atoms with E-state index in [4.69, 9.17) is 20.0 Å². The smallest absolute Gasteiger partial charge is 0.296 e. The SMILES string of the molecule is Cc1ccc(S(=O)(=O)Cl)cc1.Cc1ccc(S(=O)(=O)OCCCc2ccccc2)cc1.OCCCc1ccccc1. The average molecular weight is 617 g/mol. The largest absolute Gasteiger partial charge is 0.396 e. The summed E-state index contributed by atoms with van der Waals surface area (Å²) in [7, 11) is -2.10. The van der Waals surface area contributed by atoms with Gasteiger partial charge in [-0.3, -0.25) is 4.18 Å². The van der Waals surface area contributed by atoms with Gasteiger partial charge in [-0.1, -0.05) is 96.1 Å². The molecule has 9 heteroatoms. The molecule has 41 heavy (non-hydrogen) atoms. The molecule has 4 rings (SSSR count). The van der Waals surface area contributed by atoms with Crippen LogP contribution in [-0.2, 0) is 36.2 Å². The molecule has 0 bridgehead atoms. The number of aliphatic hydroxyl groups excluding tert-OH is 1. The second-order valence-corrected chi connectivity index (χ2v) is 13.4. The zero-order valence-corrected chi connectivity index (χ0v) is 25.7. The fourth-order valence-corrected chi connectivity index (χ4v) is 5.20. The summed E-state index contributed by atoms with van der Waals surface area (Å²) in [5, 5.41) is 8.53. The molecule has 6 nitrogen and oxygen atoms in total. The Labute approximate surface area is 249 Å². The summed E-state index contributed by atoms with van der Waals surface area (Å²) in [5.74, 6) is 0. The van der Waals surface area contributed by atoms with Crippen molar-refractivity contribution in [1.82, 2.24) is 0 Å². The predicted octanol–water partition coefficient (Wildman–Crippen LogP) is 6.87. The van der Waals surface area contributed by atoms with Crippen molar-refractivity contribution in [2.24, 2.45) is 0 Å². The van der Waals surface area contributed by atoms with Gasteiger partial charge in [-0.15, -0.1) is 0 Å². The van der Waals surface area contributed by atoms with Gasteiger partial charge in [0.05, 0.1) is 16.4 Å². The van der Waals surface area contributed by atoms with Gasteiger partial charge >= 0.3 is 0 Å². The van der Waals surface area contributed by atoms with Crippen molar-refractivity contribution in [3.05, 3.63) is 131 Å². The number of halogens is 1. The summed E-state index contributed by atoms with van der Waals surface area (Å²) >= 11 is 0. The van der Waals surface area contributed by atoms with E-state index >= 15 is 0 Å². The molecule has 0 saturated heterocycles. The Morgan fingerprint density at radius 3 is 1.44 bits per heavy atom. The summed E-state index contributed by atoms with van der Waals surface area (Å²) in [6, 6.07) is 33.2. The molecule has 0 radical (unpaired) electrons. The van der Waals surface area contributed by atoms with Crippen LogP contribution in [-0.4, -0.2) is 35.2 Å². The second-order valence-electron chi connectivity index (χ2n) is 9.24. The molecule has 0 aliphatic rings. The van der Waals surface area contributed by atoms with Gasteiger partial charge in [0.2, 0.25) is 0 Å². The molecular formula is C32H37ClO6S2. The van der Waals surface area contributed by atoms with Crippen LogP contribution < -0.4 is 0 Å². The van der Waals surface area contributed by atoms with Gasteiger partial charge in [0.1, 0.15) is 0 Å². The third kappa shape index (κ3) is 13.9. The molecule has 0 unspecified atom stereocenters. The summed E-state index contributed by atoms with van der Waals surface area (Å²) in [6.45, 7) is 4.28. The van der Waals surface area contributed by atoms with Crippen LogP contribution in [0.4, 0.5) is 0 Å². The van der Waals surface area contributed by atoms with Crippen LogP contribution in [0.2, 0.25) is 0 Å². The van der Waals surface area contributed by atoms with Crippen LogP contribution in [0.1, 0.15) is 35.1 Å². The van der Waals surface area contributed by atoms with Gasteiger partial charge in [-0.25, -0.2) is 8.42 Å². The topological polar surface area (TPSA) is 97.7 Å². The third-order valence-corrected chi connectivity index (χ3v) is 8.47. The lowest BCUT2D eigenvalue weighted by Gasteiger charge is -2.06. The minimum absolute atomic E-state index is 0.143. The summed E-state index contributed by atoms with van der Waals surface area (Å²) < 4.78 is 50.3. The zero-order chi connectivity index (χ0) is 30.1. The van der Waals surface area contributed by atoms with Crippen molar-refractivity contribution in [2.45, 2.75) is 49.3 Å². The second kappa shape index (κ2) is 17.7. The molecule has 0 heterocycles.